The van der Waals surface area contributed by atoms with Crippen LogP contribution in [0.4, 0.5) is 4.79 Å². The third-order valence-electron chi connectivity index (χ3n) is 3.68. The summed E-state index contributed by atoms with van der Waals surface area (Å²) in [7, 11) is 0. The monoisotopic (exact) mass is 391 g/mol. The summed E-state index contributed by atoms with van der Waals surface area (Å²) in [5.41, 5.74) is 0. The van der Waals surface area contributed by atoms with Crippen molar-refractivity contribution in [1.29, 1.82) is 0 Å². The van der Waals surface area contributed by atoms with E-state index in [9.17, 15) is 4.79 Å². The first-order valence-electron chi connectivity index (χ1n) is 7.70. The van der Waals surface area contributed by atoms with E-state index in [4.69, 9.17) is 9.47 Å². The van der Waals surface area contributed by atoms with Gasteiger partial charge in [-0.25, -0.2) is 4.79 Å². The zero-order valence-corrected chi connectivity index (χ0v) is 14.6. The van der Waals surface area contributed by atoms with Gasteiger partial charge in [-0.3, -0.25) is 9.88 Å². The van der Waals surface area contributed by atoms with Crippen LogP contribution in [-0.2, 0) is 0 Å². The minimum atomic E-state index is -0.362. The van der Waals surface area contributed by atoms with Crippen LogP contribution in [0.5, 0.6) is 11.5 Å². The molecule has 24 heavy (non-hydrogen) atoms. The fraction of sp³-hybridized carbons (Fsp3) is 0.294. The van der Waals surface area contributed by atoms with Crippen LogP contribution in [0.2, 0.25) is 0 Å². The van der Waals surface area contributed by atoms with E-state index in [1.807, 2.05) is 24.3 Å². The number of aromatic nitrogens is 1. The molecule has 126 valence electrons. The lowest BCUT2D eigenvalue weighted by molar-refractivity contribution is 0.0953. The van der Waals surface area contributed by atoms with Crippen molar-refractivity contribution in [3.8, 4) is 11.5 Å². The van der Waals surface area contributed by atoms with Crippen LogP contribution in [0.3, 0.4) is 0 Å². The van der Waals surface area contributed by atoms with E-state index < -0.39 is 0 Å². The Labute approximate surface area is 148 Å². The molecule has 1 unspecified atom stereocenters. The number of halogens is 1. The van der Waals surface area contributed by atoms with Gasteiger partial charge in [0.25, 0.3) is 0 Å². The van der Waals surface area contributed by atoms with Gasteiger partial charge in [0.05, 0.1) is 12.2 Å². The van der Waals surface area contributed by atoms with E-state index in [0.717, 1.165) is 11.0 Å². The minimum absolute atomic E-state index is 0.0955. The number of nitrogens with one attached hydrogen (secondary N) is 1. The number of rotatable bonds is 4. The Hall–Kier alpha value is -2.12. The summed E-state index contributed by atoms with van der Waals surface area (Å²) in [6, 6.07) is 10.7. The van der Waals surface area contributed by atoms with Crippen molar-refractivity contribution in [3.63, 3.8) is 0 Å². The molecule has 0 radical (unpaired) electrons. The first-order valence-corrected chi connectivity index (χ1v) is 8.49. The van der Waals surface area contributed by atoms with Gasteiger partial charge in [0.15, 0.2) is 0 Å². The van der Waals surface area contributed by atoms with Crippen molar-refractivity contribution in [1.82, 2.24) is 15.2 Å². The molecule has 1 fully saturated rings. The van der Waals surface area contributed by atoms with Gasteiger partial charge in [-0.05, 0) is 36.4 Å². The molecule has 1 amide bonds. The number of piperazine rings is 1. The second-order valence-corrected chi connectivity index (χ2v) is 6.29. The molecule has 0 spiro atoms. The molecule has 7 heteroatoms. The standard InChI is InChI=1S/C17H18BrN3O3/c18-13-3-5-15(6-4-13)24-17(22)21-9-8-20-10-14(21)12-23-16-2-1-7-19-11-16/h1-7,11,14,20H,8-10,12H2. The van der Waals surface area contributed by atoms with E-state index in [0.29, 0.717) is 31.2 Å². The maximum Gasteiger partial charge on any atom is 0.415 e. The molecule has 0 aliphatic carbocycles. The summed E-state index contributed by atoms with van der Waals surface area (Å²) in [5, 5.41) is 3.28. The van der Waals surface area contributed by atoms with Crippen LogP contribution < -0.4 is 14.8 Å². The van der Waals surface area contributed by atoms with Crippen LogP contribution in [-0.4, -0.2) is 48.3 Å². The number of ether oxygens (including phenoxy) is 2. The third kappa shape index (κ3) is 4.46. The second kappa shape index (κ2) is 8.12. The SMILES string of the molecule is O=C(Oc1ccc(Br)cc1)N1CCNCC1COc1cccnc1. The first kappa shape index (κ1) is 16.7. The maximum absolute atomic E-state index is 12.5. The number of benzene rings is 1. The molecular weight excluding hydrogens is 374 g/mol. The van der Waals surface area contributed by atoms with Gasteiger partial charge in [0, 0.05) is 30.3 Å². The Bertz CT molecular complexity index is 667. The number of carbonyl (C=O) groups is 1. The molecule has 0 saturated carbocycles. The van der Waals surface area contributed by atoms with Crippen molar-refractivity contribution >= 4 is 22.0 Å². The van der Waals surface area contributed by atoms with E-state index in [2.05, 4.69) is 26.2 Å². The summed E-state index contributed by atoms with van der Waals surface area (Å²) in [6.07, 6.45) is 2.98. The van der Waals surface area contributed by atoms with E-state index in [1.165, 1.54) is 0 Å². The van der Waals surface area contributed by atoms with E-state index in [1.54, 1.807) is 29.4 Å². The highest BCUT2D eigenvalue weighted by molar-refractivity contribution is 9.10. The van der Waals surface area contributed by atoms with E-state index in [-0.39, 0.29) is 12.1 Å². The summed E-state index contributed by atoms with van der Waals surface area (Å²) in [5.74, 6) is 1.21. The average Bonchev–Trinajstić information content (AvgIpc) is 2.63. The van der Waals surface area contributed by atoms with Crippen LogP contribution >= 0.6 is 15.9 Å². The normalized spacial score (nSPS) is 17.4. The van der Waals surface area contributed by atoms with Gasteiger partial charge in [-0.15, -0.1) is 0 Å². The minimum Gasteiger partial charge on any atom is -0.490 e. The summed E-state index contributed by atoms with van der Waals surface area (Å²) in [4.78, 5) is 18.2. The van der Waals surface area contributed by atoms with Crippen LogP contribution in [0.1, 0.15) is 0 Å². The molecule has 1 saturated heterocycles. The van der Waals surface area contributed by atoms with Crippen molar-refractivity contribution in [2.45, 2.75) is 6.04 Å². The van der Waals surface area contributed by atoms with Crippen LogP contribution in [0, 0.1) is 0 Å². The van der Waals surface area contributed by atoms with Crippen molar-refractivity contribution in [2.24, 2.45) is 0 Å². The van der Waals surface area contributed by atoms with Gasteiger partial charge < -0.3 is 14.8 Å². The molecule has 1 aromatic heterocycles. The molecule has 1 aromatic carbocycles. The first-order chi connectivity index (χ1) is 11.7. The van der Waals surface area contributed by atoms with Gasteiger partial charge in [-0.2, -0.15) is 0 Å². The molecule has 6 nitrogen and oxygen atoms in total. The lowest BCUT2D eigenvalue weighted by Crippen LogP contribution is -2.56. The molecule has 1 aliphatic rings. The second-order valence-electron chi connectivity index (χ2n) is 5.37. The molecule has 2 heterocycles. The zero-order valence-electron chi connectivity index (χ0n) is 13.0. The number of carbonyl (C=O) groups excluding carboxylic acids is 1. The van der Waals surface area contributed by atoms with Gasteiger partial charge in [0.2, 0.25) is 0 Å². The fourth-order valence-corrected chi connectivity index (χ4v) is 2.70. The quantitative estimate of drug-likeness (QED) is 0.867. The van der Waals surface area contributed by atoms with Gasteiger partial charge in [-0.1, -0.05) is 15.9 Å². The summed E-state index contributed by atoms with van der Waals surface area (Å²) < 4.78 is 12.1. The Morgan fingerprint density at radius 1 is 1.29 bits per heavy atom. The van der Waals surface area contributed by atoms with Crippen molar-refractivity contribution < 1.29 is 14.3 Å². The number of nitrogens with zero attached hydrogens (tertiary/aromatic N) is 2. The highest BCUT2D eigenvalue weighted by Gasteiger charge is 2.28. The van der Waals surface area contributed by atoms with E-state index >= 15 is 0 Å². The maximum atomic E-state index is 12.5. The molecular formula is C17H18BrN3O3. The largest absolute Gasteiger partial charge is 0.490 e. The Kier molecular flexibility index (Phi) is 5.66. The van der Waals surface area contributed by atoms with Gasteiger partial charge >= 0.3 is 6.09 Å². The zero-order chi connectivity index (χ0) is 16.8. The Balaban J connectivity index is 1.60. The smallest absolute Gasteiger partial charge is 0.415 e. The third-order valence-corrected chi connectivity index (χ3v) is 4.21. The predicted molar refractivity (Wildman–Crippen MR) is 93.3 cm³/mol. The molecule has 2 aromatic rings. The molecule has 1 N–H and O–H groups in total. The predicted octanol–water partition coefficient (Wildman–Crippen LogP) is 2.70. The number of hydrogen-bond donors (Lipinski definition) is 1. The molecule has 0 bridgehead atoms. The van der Waals surface area contributed by atoms with Crippen molar-refractivity contribution in [2.75, 3.05) is 26.2 Å². The highest BCUT2D eigenvalue weighted by atomic mass is 79.9. The summed E-state index contributed by atoms with van der Waals surface area (Å²) in [6.45, 7) is 2.36. The Morgan fingerprint density at radius 2 is 2.12 bits per heavy atom. The molecule has 1 aliphatic heterocycles. The lowest BCUT2D eigenvalue weighted by atomic mass is 10.2. The van der Waals surface area contributed by atoms with Crippen molar-refractivity contribution in [3.05, 3.63) is 53.3 Å². The van der Waals surface area contributed by atoms with Crippen LogP contribution in [0.15, 0.2) is 53.3 Å². The number of amides is 1. The highest BCUT2D eigenvalue weighted by Crippen LogP contribution is 2.18. The topological polar surface area (TPSA) is 63.7 Å². The van der Waals surface area contributed by atoms with Crippen LogP contribution in [0.25, 0.3) is 0 Å². The average molecular weight is 392 g/mol. The molecule has 1 atom stereocenters. The Morgan fingerprint density at radius 3 is 2.88 bits per heavy atom. The number of hydrogen-bond acceptors (Lipinski definition) is 5. The number of pyridine rings is 1. The lowest BCUT2D eigenvalue weighted by Gasteiger charge is -2.35. The summed E-state index contributed by atoms with van der Waals surface area (Å²) >= 11 is 3.36. The van der Waals surface area contributed by atoms with Gasteiger partial charge in [0.1, 0.15) is 18.1 Å². The molecule has 3 rings (SSSR count). The fourth-order valence-electron chi connectivity index (χ4n) is 2.44.